The highest BCUT2D eigenvalue weighted by Gasteiger charge is 2.30. The van der Waals surface area contributed by atoms with Crippen LogP contribution in [0.25, 0.3) is 0 Å². The topological polar surface area (TPSA) is 81.0 Å². The second-order valence-electron chi connectivity index (χ2n) is 6.46. The lowest BCUT2D eigenvalue weighted by molar-refractivity contribution is -0.384. The van der Waals surface area contributed by atoms with Crippen LogP contribution in [0, 0.1) is 17.0 Å². The molecule has 0 saturated carbocycles. The average molecular weight is 376 g/mol. The van der Waals surface area contributed by atoms with Gasteiger partial charge in [0.2, 0.25) is 0 Å². The molecule has 1 aromatic carbocycles. The Hall–Kier alpha value is -2.39. The van der Waals surface area contributed by atoms with E-state index >= 15 is 0 Å². The summed E-state index contributed by atoms with van der Waals surface area (Å²) in [6.45, 7) is 6.15. The van der Waals surface area contributed by atoms with Crippen LogP contribution in [0.1, 0.15) is 5.69 Å². The molecule has 2 aromatic rings. The molecule has 1 atom stereocenters. The van der Waals surface area contributed by atoms with Crippen LogP contribution in [0.15, 0.2) is 24.3 Å². The Morgan fingerprint density at radius 3 is 2.73 bits per heavy atom. The van der Waals surface area contributed by atoms with Crippen LogP contribution in [0.4, 0.5) is 10.7 Å². The first kappa shape index (κ1) is 17.0. The second kappa shape index (κ2) is 7.08. The number of hydrogen-bond acceptors (Lipinski definition) is 8. The number of para-hydroxylation sites is 2. The normalized spacial score (nSPS) is 20.2. The quantitative estimate of drug-likeness (QED) is 0.598. The minimum Gasteiger partial charge on any atom is -0.486 e. The summed E-state index contributed by atoms with van der Waals surface area (Å²) < 4.78 is 15.9. The van der Waals surface area contributed by atoms with E-state index < -0.39 is 0 Å². The number of piperazine rings is 1. The third kappa shape index (κ3) is 3.32. The highest BCUT2D eigenvalue weighted by molar-refractivity contribution is 7.11. The zero-order valence-electron chi connectivity index (χ0n) is 14.5. The Morgan fingerprint density at radius 2 is 2.00 bits per heavy atom. The van der Waals surface area contributed by atoms with E-state index in [0.29, 0.717) is 17.3 Å². The molecule has 0 aliphatic carbocycles. The Balaban J connectivity index is 1.34. The predicted molar refractivity (Wildman–Crippen MR) is 98.5 cm³/mol. The smallest absolute Gasteiger partial charge is 0.326 e. The third-order valence-electron chi connectivity index (χ3n) is 4.69. The fourth-order valence-corrected chi connectivity index (χ4v) is 4.26. The number of aryl methyl sites for hydroxylation is 1. The van der Waals surface area contributed by atoms with Crippen molar-refractivity contribution in [1.29, 1.82) is 0 Å². The fourth-order valence-electron chi connectivity index (χ4n) is 3.35. The maximum atomic E-state index is 11.3. The van der Waals surface area contributed by atoms with Gasteiger partial charge in [-0.2, -0.15) is 4.37 Å². The number of fused-ring (bicyclic) bond motifs is 1. The van der Waals surface area contributed by atoms with Crippen molar-refractivity contribution in [1.82, 2.24) is 9.27 Å². The maximum absolute atomic E-state index is 11.3. The molecule has 4 rings (SSSR count). The average Bonchev–Trinajstić information content (AvgIpc) is 3.04. The standard InChI is InChI=1S/C17H20N4O4S/c1-12-16(21(22)23)17(26-18-12)20-8-6-19(7-9-20)10-13-11-24-14-4-2-3-5-15(14)25-13/h2-5,13H,6-11H2,1H3. The van der Waals surface area contributed by atoms with Crippen LogP contribution in [-0.4, -0.2) is 59.6 Å². The Bertz CT molecular complexity index is 804. The molecule has 1 fully saturated rings. The van der Waals surface area contributed by atoms with Crippen LogP contribution in [0.3, 0.4) is 0 Å². The summed E-state index contributed by atoms with van der Waals surface area (Å²) in [7, 11) is 0. The largest absolute Gasteiger partial charge is 0.486 e. The van der Waals surface area contributed by atoms with Crippen molar-refractivity contribution >= 4 is 22.2 Å². The SMILES string of the molecule is Cc1nsc(N2CCN(CC3COc4ccccc4O3)CC2)c1[N+](=O)[O-]. The van der Waals surface area contributed by atoms with Gasteiger partial charge in [-0.15, -0.1) is 0 Å². The highest BCUT2D eigenvalue weighted by atomic mass is 32.1. The van der Waals surface area contributed by atoms with E-state index in [0.717, 1.165) is 44.2 Å². The lowest BCUT2D eigenvalue weighted by atomic mass is 10.2. The van der Waals surface area contributed by atoms with Gasteiger partial charge in [0.25, 0.3) is 0 Å². The molecule has 2 aliphatic rings. The van der Waals surface area contributed by atoms with Crippen LogP contribution >= 0.6 is 11.5 Å². The fraction of sp³-hybridized carbons (Fsp3) is 0.471. The van der Waals surface area contributed by atoms with Crippen LogP contribution in [0.2, 0.25) is 0 Å². The van der Waals surface area contributed by atoms with Crippen LogP contribution in [-0.2, 0) is 0 Å². The van der Waals surface area contributed by atoms with E-state index in [-0.39, 0.29) is 16.7 Å². The third-order valence-corrected chi connectivity index (χ3v) is 5.68. The molecule has 8 nitrogen and oxygen atoms in total. The second-order valence-corrected chi connectivity index (χ2v) is 7.22. The number of rotatable bonds is 4. The van der Waals surface area contributed by atoms with Crippen molar-refractivity contribution in [3.05, 3.63) is 40.1 Å². The van der Waals surface area contributed by atoms with Crippen molar-refractivity contribution in [2.45, 2.75) is 13.0 Å². The molecule has 0 amide bonds. The van der Waals surface area contributed by atoms with E-state index in [1.54, 1.807) is 6.92 Å². The number of anilines is 1. The summed E-state index contributed by atoms with van der Waals surface area (Å²) in [5, 5.41) is 11.9. The highest BCUT2D eigenvalue weighted by Crippen LogP contribution is 2.36. The Morgan fingerprint density at radius 1 is 1.27 bits per heavy atom. The number of nitrogens with zero attached hydrogens (tertiary/aromatic N) is 4. The number of nitro groups is 1. The lowest BCUT2D eigenvalue weighted by Crippen LogP contribution is -2.50. The molecule has 138 valence electrons. The molecule has 2 aliphatic heterocycles. The van der Waals surface area contributed by atoms with Crippen molar-refractivity contribution in [3.63, 3.8) is 0 Å². The Kier molecular flexibility index (Phi) is 4.64. The zero-order chi connectivity index (χ0) is 18.1. The minimum atomic E-state index is -0.328. The van der Waals surface area contributed by atoms with Gasteiger partial charge < -0.3 is 14.4 Å². The van der Waals surface area contributed by atoms with Gasteiger partial charge in [0.05, 0.1) is 4.92 Å². The summed E-state index contributed by atoms with van der Waals surface area (Å²) in [6, 6.07) is 7.70. The molecule has 0 N–H and O–H groups in total. The van der Waals surface area contributed by atoms with E-state index in [1.807, 2.05) is 24.3 Å². The van der Waals surface area contributed by atoms with Gasteiger partial charge in [0.15, 0.2) is 16.5 Å². The molecule has 1 aromatic heterocycles. The van der Waals surface area contributed by atoms with Crippen LogP contribution in [0.5, 0.6) is 11.5 Å². The van der Waals surface area contributed by atoms with Gasteiger partial charge in [-0.3, -0.25) is 15.0 Å². The van der Waals surface area contributed by atoms with Crippen molar-refractivity contribution in [3.8, 4) is 11.5 Å². The summed E-state index contributed by atoms with van der Waals surface area (Å²) in [4.78, 5) is 15.3. The minimum absolute atomic E-state index is 0.00330. The van der Waals surface area contributed by atoms with Gasteiger partial charge in [-0.05, 0) is 30.6 Å². The first-order chi connectivity index (χ1) is 12.6. The molecular weight excluding hydrogens is 356 g/mol. The summed E-state index contributed by atoms with van der Waals surface area (Å²) in [5.41, 5.74) is 0.632. The molecule has 0 spiro atoms. The molecule has 1 saturated heterocycles. The van der Waals surface area contributed by atoms with E-state index in [2.05, 4.69) is 14.2 Å². The number of hydrogen-bond donors (Lipinski definition) is 0. The molecule has 26 heavy (non-hydrogen) atoms. The van der Waals surface area contributed by atoms with Crippen molar-refractivity contribution < 1.29 is 14.4 Å². The molecule has 9 heteroatoms. The van der Waals surface area contributed by atoms with E-state index in [1.165, 1.54) is 11.5 Å². The molecule has 0 radical (unpaired) electrons. The number of ether oxygens (including phenoxy) is 2. The van der Waals surface area contributed by atoms with Crippen molar-refractivity contribution in [2.24, 2.45) is 0 Å². The zero-order valence-corrected chi connectivity index (χ0v) is 15.3. The predicted octanol–water partition coefficient (Wildman–Crippen LogP) is 2.32. The van der Waals surface area contributed by atoms with Gasteiger partial charge in [-0.25, -0.2) is 0 Å². The van der Waals surface area contributed by atoms with Crippen LogP contribution < -0.4 is 14.4 Å². The first-order valence-electron chi connectivity index (χ1n) is 8.58. The van der Waals surface area contributed by atoms with E-state index in [9.17, 15) is 10.1 Å². The van der Waals surface area contributed by atoms with Gasteiger partial charge in [0, 0.05) is 32.7 Å². The lowest BCUT2D eigenvalue weighted by Gasteiger charge is -2.37. The number of benzene rings is 1. The van der Waals surface area contributed by atoms with Gasteiger partial charge in [0.1, 0.15) is 18.4 Å². The molecule has 1 unspecified atom stereocenters. The maximum Gasteiger partial charge on any atom is 0.326 e. The van der Waals surface area contributed by atoms with Gasteiger partial charge >= 0.3 is 5.69 Å². The van der Waals surface area contributed by atoms with Gasteiger partial charge in [-0.1, -0.05) is 12.1 Å². The van der Waals surface area contributed by atoms with E-state index in [4.69, 9.17) is 9.47 Å². The summed E-state index contributed by atoms with van der Waals surface area (Å²) in [6.07, 6.45) is -0.00330. The molecule has 3 heterocycles. The number of aromatic nitrogens is 1. The monoisotopic (exact) mass is 376 g/mol. The molecule has 0 bridgehead atoms. The van der Waals surface area contributed by atoms with Crippen molar-refractivity contribution in [2.75, 3.05) is 44.2 Å². The summed E-state index contributed by atoms with van der Waals surface area (Å²) >= 11 is 1.21. The Labute approximate surface area is 155 Å². The first-order valence-corrected chi connectivity index (χ1v) is 9.35. The molecular formula is C17H20N4O4S. The summed E-state index contributed by atoms with van der Waals surface area (Å²) in [5.74, 6) is 1.58.